The van der Waals surface area contributed by atoms with Crippen LogP contribution < -0.4 is 9.47 Å². The summed E-state index contributed by atoms with van der Waals surface area (Å²) in [4.78, 5) is 17.2. The number of benzene rings is 1. The van der Waals surface area contributed by atoms with Crippen LogP contribution in [-0.4, -0.2) is 49.2 Å². The molecule has 0 fully saturated rings. The molecule has 0 heterocycles. The van der Waals surface area contributed by atoms with E-state index in [0.29, 0.717) is 11.5 Å². The van der Waals surface area contributed by atoms with Crippen molar-refractivity contribution < 1.29 is 19.1 Å². The molecule has 0 radical (unpaired) electrons. The van der Waals surface area contributed by atoms with Crippen molar-refractivity contribution in [3.8, 4) is 11.5 Å². The van der Waals surface area contributed by atoms with E-state index < -0.39 is 10.7 Å². The van der Waals surface area contributed by atoms with Crippen LogP contribution in [0.2, 0.25) is 0 Å². The minimum atomic E-state index is -1.16. The molecular weight excluding hydrogens is 343 g/mol. The molecule has 1 aromatic rings. The number of carbonyl (C=O) groups excluding carboxylic acids is 1. The van der Waals surface area contributed by atoms with Crippen molar-refractivity contribution in [2.24, 2.45) is 5.16 Å². The largest absolute Gasteiger partial charge is 0.493 e. The fourth-order valence-electron chi connectivity index (χ4n) is 1.95. The standard InChI is InChI=1S/C15H20Cl2N2O4/c1-10(8-18-23-4)19(15(20)14(16)17)9-11-5-6-12(21-2)13(7-11)22-3/h5-8,10,14H,9H2,1-4H3/b18-8+. The van der Waals surface area contributed by atoms with Gasteiger partial charge in [-0.25, -0.2) is 0 Å². The number of carbonyl (C=O) groups is 1. The molecule has 1 atom stereocenters. The minimum absolute atomic E-state index is 0.284. The predicted octanol–water partition coefficient (Wildman–Crippen LogP) is 2.86. The number of amides is 1. The fraction of sp³-hybridized carbons (Fsp3) is 0.467. The molecule has 1 amide bonds. The second-order valence-corrected chi connectivity index (χ2v) is 5.73. The fourth-order valence-corrected chi connectivity index (χ4v) is 2.20. The first-order valence-electron chi connectivity index (χ1n) is 6.80. The van der Waals surface area contributed by atoms with Crippen LogP contribution in [0.4, 0.5) is 0 Å². The van der Waals surface area contributed by atoms with Crippen LogP contribution in [0.5, 0.6) is 11.5 Å². The summed E-state index contributed by atoms with van der Waals surface area (Å²) in [5, 5.41) is 3.69. The molecule has 0 aromatic heterocycles. The molecule has 0 bridgehead atoms. The quantitative estimate of drug-likeness (QED) is 0.405. The molecule has 0 saturated carbocycles. The van der Waals surface area contributed by atoms with Gasteiger partial charge < -0.3 is 19.2 Å². The molecule has 0 aliphatic rings. The van der Waals surface area contributed by atoms with Crippen LogP contribution >= 0.6 is 23.2 Å². The van der Waals surface area contributed by atoms with Gasteiger partial charge in [0.05, 0.1) is 26.5 Å². The predicted molar refractivity (Wildman–Crippen MR) is 90.6 cm³/mol. The van der Waals surface area contributed by atoms with Gasteiger partial charge in [-0.15, -0.1) is 0 Å². The van der Waals surface area contributed by atoms with E-state index in [9.17, 15) is 4.79 Å². The Morgan fingerprint density at radius 2 is 1.91 bits per heavy atom. The highest BCUT2D eigenvalue weighted by molar-refractivity contribution is 6.53. The Bertz CT molecular complexity index is 552. The van der Waals surface area contributed by atoms with Crippen molar-refractivity contribution in [3.05, 3.63) is 23.8 Å². The van der Waals surface area contributed by atoms with Gasteiger partial charge in [-0.1, -0.05) is 34.4 Å². The van der Waals surface area contributed by atoms with E-state index >= 15 is 0 Å². The van der Waals surface area contributed by atoms with Crippen LogP contribution in [0.15, 0.2) is 23.4 Å². The molecule has 0 aliphatic carbocycles. The zero-order chi connectivity index (χ0) is 17.4. The molecule has 0 saturated heterocycles. The Morgan fingerprint density at radius 1 is 1.26 bits per heavy atom. The highest BCUT2D eigenvalue weighted by Crippen LogP contribution is 2.28. The maximum Gasteiger partial charge on any atom is 0.256 e. The number of ether oxygens (including phenoxy) is 2. The number of hydrogen-bond donors (Lipinski definition) is 0. The van der Waals surface area contributed by atoms with Crippen LogP contribution in [0.1, 0.15) is 12.5 Å². The molecule has 0 N–H and O–H groups in total. The maximum atomic E-state index is 12.2. The number of methoxy groups -OCH3 is 2. The SMILES string of the molecule is CO/N=C/C(C)N(Cc1ccc(OC)c(OC)c1)C(=O)C(Cl)Cl. The number of halogens is 2. The van der Waals surface area contributed by atoms with Gasteiger partial charge in [0.2, 0.25) is 0 Å². The van der Waals surface area contributed by atoms with Gasteiger partial charge in [0.15, 0.2) is 16.3 Å². The summed E-state index contributed by atoms with van der Waals surface area (Å²) in [6.45, 7) is 2.07. The summed E-state index contributed by atoms with van der Waals surface area (Å²) in [6.07, 6.45) is 1.49. The van der Waals surface area contributed by atoms with Gasteiger partial charge in [-0.05, 0) is 24.6 Å². The van der Waals surface area contributed by atoms with Crippen molar-refractivity contribution in [2.75, 3.05) is 21.3 Å². The number of oxime groups is 1. The molecule has 1 unspecified atom stereocenters. The highest BCUT2D eigenvalue weighted by Gasteiger charge is 2.25. The Labute approximate surface area is 145 Å². The van der Waals surface area contributed by atoms with Gasteiger partial charge in [-0.3, -0.25) is 4.79 Å². The van der Waals surface area contributed by atoms with Crippen LogP contribution in [0, 0.1) is 0 Å². The van der Waals surface area contributed by atoms with E-state index in [1.165, 1.54) is 18.2 Å². The summed E-state index contributed by atoms with van der Waals surface area (Å²) < 4.78 is 10.5. The first kappa shape index (κ1) is 19.4. The van der Waals surface area contributed by atoms with E-state index in [-0.39, 0.29) is 12.6 Å². The summed E-state index contributed by atoms with van der Waals surface area (Å²) in [5.41, 5.74) is 0.836. The molecule has 0 aliphatic heterocycles. The molecule has 23 heavy (non-hydrogen) atoms. The molecule has 0 spiro atoms. The third-order valence-electron chi connectivity index (χ3n) is 3.14. The van der Waals surface area contributed by atoms with E-state index in [0.717, 1.165) is 5.56 Å². The van der Waals surface area contributed by atoms with E-state index in [4.69, 9.17) is 32.7 Å². The number of nitrogens with zero attached hydrogens (tertiary/aromatic N) is 2. The summed E-state index contributed by atoms with van der Waals surface area (Å²) >= 11 is 11.5. The van der Waals surface area contributed by atoms with Crippen LogP contribution in [0.3, 0.4) is 0 Å². The third-order valence-corrected chi connectivity index (χ3v) is 3.52. The lowest BCUT2D eigenvalue weighted by atomic mass is 10.1. The molecule has 1 rings (SSSR count). The zero-order valence-corrected chi connectivity index (χ0v) is 15.0. The summed E-state index contributed by atoms with van der Waals surface area (Å²) in [7, 11) is 4.53. The van der Waals surface area contributed by atoms with Gasteiger partial charge in [0.25, 0.3) is 5.91 Å². The minimum Gasteiger partial charge on any atom is -0.493 e. The lowest BCUT2D eigenvalue weighted by Gasteiger charge is -2.27. The molecular formula is C15H20Cl2N2O4. The Hall–Kier alpha value is -1.66. The number of alkyl halides is 2. The lowest BCUT2D eigenvalue weighted by Crippen LogP contribution is -2.41. The maximum absolute atomic E-state index is 12.2. The first-order valence-corrected chi connectivity index (χ1v) is 7.68. The second-order valence-electron chi connectivity index (χ2n) is 4.63. The van der Waals surface area contributed by atoms with Crippen LogP contribution in [0.25, 0.3) is 0 Å². The zero-order valence-electron chi connectivity index (χ0n) is 13.5. The first-order chi connectivity index (χ1) is 10.9. The van der Waals surface area contributed by atoms with E-state index in [2.05, 4.69) is 9.99 Å². The van der Waals surface area contributed by atoms with Crippen LogP contribution in [-0.2, 0) is 16.2 Å². The Kier molecular flexibility index (Phi) is 7.98. The summed E-state index contributed by atoms with van der Waals surface area (Å²) in [6, 6.07) is 5.04. The Morgan fingerprint density at radius 3 is 2.43 bits per heavy atom. The average molecular weight is 363 g/mol. The van der Waals surface area contributed by atoms with E-state index in [1.807, 2.05) is 6.07 Å². The second kappa shape index (κ2) is 9.47. The van der Waals surface area contributed by atoms with E-state index in [1.54, 1.807) is 33.3 Å². The van der Waals surface area contributed by atoms with Gasteiger partial charge >= 0.3 is 0 Å². The van der Waals surface area contributed by atoms with Gasteiger partial charge in [0.1, 0.15) is 7.11 Å². The van der Waals surface area contributed by atoms with Crippen molar-refractivity contribution in [2.45, 2.75) is 24.3 Å². The van der Waals surface area contributed by atoms with Gasteiger partial charge in [0, 0.05) is 6.54 Å². The Balaban J connectivity index is 3.05. The topological polar surface area (TPSA) is 60.4 Å². The molecule has 6 nitrogen and oxygen atoms in total. The number of hydrogen-bond acceptors (Lipinski definition) is 5. The van der Waals surface area contributed by atoms with Crippen molar-refractivity contribution in [3.63, 3.8) is 0 Å². The molecule has 128 valence electrons. The normalized spacial score (nSPS) is 12.3. The lowest BCUT2D eigenvalue weighted by molar-refractivity contribution is -0.130. The van der Waals surface area contributed by atoms with Crippen molar-refractivity contribution in [1.29, 1.82) is 0 Å². The average Bonchev–Trinajstić information content (AvgIpc) is 2.56. The van der Waals surface area contributed by atoms with Crippen molar-refractivity contribution >= 4 is 35.3 Å². The highest BCUT2D eigenvalue weighted by atomic mass is 35.5. The summed E-state index contributed by atoms with van der Waals surface area (Å²) in [5.74, 6) is 0.762. The van der Waals surface area contributed by atoms with Gasteiger partial charge in [-0.2, -0.15) is 0 Å². The smallest absolute Gasteiger partial charge is 0.256 e. The monoisotopic (exact) mass is 362 g/mol. The van der Waals surface area contributed by atoms with Crippen molar-refractivity contribution in [1.82, 2.24) is 4.90 Å². The molecule has 1 aromatic carbocycles. The third kappa shape index (κ3) is 5.48. The molecule has 8 heteroatoms. The number of rotatable bonds is 8.